The molecule has 0 aliphatic heterocycles. The summed E-state index contributed by atoms with van der Waals surface area (Å²) >= 11 is 0. The Bertz CT molecular complexity index is 1100. The average Bonchev–Trinajstić information content (AvgIpc) is 2.81. The Morgan fingerprint density at radius 3 is 2.38 bits per heavy atom. The van der Waals surface area contributed by atoms with Crippen molar-refractivity contribution >= 4 is 29.1 Å². The van der Waals surface area contributed by atoms with Crippen molar-refractivity contribution in [3.8, 4) is 5.75 Å². The van der Waals surface area contributed by atoms with Crippen LogP contribution in [-0.2, 0) is 11.0 Å². The number of carboxylic acid groups (broad SMARTS) is 1. The zero-order valence-corrected chi connectivity index (χ0v) is 20.7. The number of carboxylic acids is 1. The van der Waals surface area contributed by atoms with Crippen molar-refractivity contribution in [3.63, 3.8) is 0 Å². The summed E-state index contributed by atoms with van der Waals surface area (Å²) in [5.41, 5.74) is -0.550. The molecule has 11 heteroatoms. The molecule has 1 aliphatic carbocycles. The third-order valence-electron chi connectivity index (χ3n) is 6.00. The van der Waals surface area contributed by atoms with Crippen LogP contribution in [0.2, 0.25) is 0 Å². The van der Waals surface area contributed by atoms with E-state index in [0.29, 0.717) is 36.0 Å². The van der Waals surface area contributed by atoms with Crippen molar-refractivity contribution in [2.24, 2.45) is 5.92 Å². The smallest absolute Gasteiger partial charge is 0.419 e. The van der Waals surface area contributed by atoms with Crippen LogP contribution in [-0.4, -0.2) is 36.3 Å². The topological polar surface area (TPSA) is 90.9 Å². The van der Waals surface area contributed by atoms with Crippen LogP contribution in [0.5, 0.6) is 5.75 Å². The first-order valence-corrected chi connectivity index (χ1v) is 12.1. The largest absolute Gasteiger partial charge is 0.482 e. The third-order valence-corrected chi connectivity index (χ3v) is 6.00. The van der Waals surface area contributed by atoms with Crippen LogP contribution >= 0.6 is 0 Å². The number of alkyl halides is 3. The van der Waals surface area contributed by atoms with Crippen molar-refractivity contribution in [1.82, 2.24) is 0 Å². The second-order valence-electron chi connectivity index (χ2n) is 9.47. The number of amides is 2. The van der Waals surface area contributed by atoms with E-state index in [2.05, 4.69) is 29.4 Å². The molecular formula is C26H31F4N3O4. The highest BCUT2D eigenvalue weighted by atomic mass is 19.4. The molecule has 0 heterocycles. The fourth-order valence-electron chi connectivity index (χ4n) is 4.44. The monoisotopic (exact) mass is 525 g/mol. The van der Waals surface area contributed by atoms with Crippen LogP contribution in [0.15, 0.2) is 36.4 Å². The van der Waals surface area contributed by atoms with Crippen LogP contribution in [0, 0.1) is 11.7 Å². The molecule has 0 unspecified atom stereocenters. The first-order chi connectivity index (χ1) is 17.4. The van der Waals surface area contributed by atoms with E-state index < -0.39 is 36.2 Å². The lowest BCUT2D eigenvalue weighted by atomic mass is 9.93. The zero-order chi connectivity index (χ0) is 27.2. The van der Waals surface area contributed by atoms with E-state index >= 15 is 0 Å². The molecule has 7 nitrogen and oxygen atoms in total. The van der Waals surface area contributed by atoms with Gasteiger partial charge in [0.05, 0.1) is 16.9 Å². The fraction of sp³-hybridized carbons (Fsp3) is 0.462. The number of halogens is 4. The van der Waals surface area contributed by atoms with Crippen molar-refractivity contribution in [2.75, 3.05) is 28.7 Å². The van der Waals surface area contributed by atoms with Crippen LogP contribution in [0.1, 0.15) is 51.5 Å². The number of carbonyl (C=O) groups is 2. The molecule has 0 atom stereocenters. The van der Waals surface area contributed by atoms with E-state index in [4.69, 9.17) is 9.84 Å². The minimum atomic E-state index is -4.85. The minimum Gasteiger partial charge on any atom is -0.482 e. The van der Waals surface area contributed by atoms with E-state index in [0.717, 1.165) is 38.2 Å². The van der Waals surface area contributed by atoms with E-state index in [1.807, 2.05) is 0 Å². The second-order valence-corrected chi connectivity index (χ2v) is 9.47. The number of urea groups is 1. The number of hydrogen-bond donors (Lipinski definition) is 3. The van der Waals surface area contributed by atoms with Gasteiger partial charge >= 0.3 is 18.2 Å². The van der Waals surface area contributed by atoms with Gasteiger partial charge in [0.1, 0.15) is 11.6 Å². The number of anilines is 3. The number of carbonyl (C=O) groups excluding carboxylic acids is 1. The van der Waals surface area contributed by atoms with Gasteiger partial charge in [-0.2, -0.15) is 13.2 Å². The van der Waals surface area contributed by atoms with Gasteiger partial charge in [-0.25, -0.2) is 14.0 Å². The highest BCUT2D eigenvalue weighted by Gasteiger charge is 2.34. The molecule has 3 N–H and O–H groups in total. The first-order valence-electron chi connectivity index (χ1n) is 12.1. The van der Waals surface area contributed by atoms with Gasteiger partial charge in [0, 0.05) is 24.3 Å². The normalized spacial score (nSPS) is 14.4. The summed E-state index contributed by atoms with van der Waals surface area (Å²) in [4.78, 5) is 26.0. The van der Waals surface area contributed by atoms with Gasteiger partial charge in [0.25, 0.3) is 0 Å². The molecule has 0 radical (unpaired) electrons. The van der Waals surface area contributed by atoms with E-state index in [1.54, 1.807) is 12.1 Å². The standard InChI is InChI=1S/C26H31F4N3O4/c1-16(2)14-33(18-6-4-3-5-7-18)23-11-9-19(37-15-24(34)35)13-22(23)32-25(36)31-17-8-10-20(21(27)12-17)26(28,29)30/h8-13,16,18H,3-7,14-15H2,1-2H3,(H,34,35)(H2,31,32,36). The lowest BCUT2D eigenvalue weighted by Gasteiger charge is -2.38. The molecule has 1 fully saturated rings. The summed E-state index contributed by atoms with van der Waals surface area (Å²) in [6, 6.07) is 6.45. The van der Waals surface area contributed by atoms with Gasteiger partial charge in [0.15, 0.2) is 6.61 Å². The Balaban J connectivity index is 1.89. The number of nitrogens with one attached hydrogen (secondary N) is 2. The molecule has 2 aromatic carbocycles. The van der Waals surface area contributed by atoms with E-state index in [1.165, 1.54) is 6.07 Å². The predicted octanol–water partition coefficient (Wildman–Crippen LogP) is 6.75. The Morgan fingerprint density at radius 2 is 1.78 bits per heavy atom. The Morgan fingerprint density at radius 1 is 1.08 bits per heavy atom. The molecular weight excluding hydrogens is 494 g/mol. The molecule has 0 aromatic heterocycles. The van der Waals surface area contributed by atoms with Crippen molar-refractivity contribution in [2.45, 2.75) is 58.2 Å². The van der Waals surface area contributed by atoms with Gasteiger partial charge in [-0.3, -0.25) is 0 Å². The number of nitrogens with zero attached hydrogens (tertiary/aromatic N) is 1. The molecule has 0 saturated heterocycles. The summed E-state index contributed by atoms with van der Waals surface area (Å²) < 4.78 is 57.8. The van der Waals surface area contributed by atoms with Crippen LogP contribution in [0.4, 0.5) is 39.4 Å². The molecule has 1 saturated carbocycles. The average molecular weight is 526 g/mol. The quantitative estimate of drug-likeness (QED) is 0.315. The summed E-state index contributed by atoms with van der Waals surface area (Å²) in [5, 5.41) is 14.0. The van der Waals surface area contributed by atoms with Crippen molar-refractivity contribution in [3.05, 3.63) is 47.8 Å². The van der Waals surface area contributed by atoms with Crippen molar-refractivity contribution in [1.29, 1.82) is 0 Å². The molecule has 0 bridgehead atoms. The summed E-state index contributed by atoms with van der Waals surface area (Å²) in [6.45, 7) is 4.30. The lowest BCUT2D eigenvalue weighted by molar-refractivity contribution is -0.140. The summed E-state index contributed by atoms with van der Waals surface area (Å²) in [7, 11) is 0. The van der Waals surface area contributed by atoms with E-state index in [9.17, 15) is 27.2 Å². The maximum Gasteiger partial charge on any atom is 0.419 e. The van der Waals surface area contributed by atoms with Crippen LogP contribution in [0.3, 0.4) is 0 Å². The predicted molar refractivity (Wildman–Crippen MR) is 133 cm³/mol. The molecule has 2 aromatic rings. The summed E-state index contributed by atoms with van der Waals surface area (Å²) in [6.07, 6.45) is 0.449. The fourth-order valence-corrected chi connectivity index (χ4v) is 4.44. The van der Waals surface area contributed by atoms with Gasteiger partial charge in [-0.1, -0.05) is 33.1 Å². The van der Waals surface area contributed by atoms with Crippen LogP contribution < -0.4 is 20.3 Å². The van der Waals surface area contributed by atoms with Crippen molar-refractivity contribution < 1.29 is 37.0 Å². The third kappa shape index (κ3) is 7.99. The molecule has 2 amide bonds. The maximum atomic E-state index is 14.0. The highest BCUT2D eigenvalue weighted by molar-refractivity contribution is 6.02. The van der Waals surface area contributed by atoms with Crippen LogP contribution in [0.25, 0.3) is 0 Å². The second kappa shape index (κ2) is 12.2. The number of aliphatic carboxylic acids is 1. The molecule has 37 heavy (non-hydrogen) atoms. The minimum absolute atomic E-state index is 0.158. The Kier molecular flexibility index (Phi) is 9.23. The number of benzene rings is 2. The van der Waals surface area contributed by atoms with Gasteiger partial charge in [-0.05, 0) is 49.1 Å². The molecule has 3 rings (SSSR count). The van der Waals surface area contributed by atoms with Gasteiger partial charge in [0.2, 0.25) is 0 Å². The zero-order valence-electron chi connectivity index (χ0n) is 20.7. The highest BCUT2D eigenvalue weighted by Crippen LogP contribution is 2.36. The maximum absolute atomic E-state index is 14.0. The van der Waals surface area contributed by atoms with Gasteiger partial charge in [-0.15, -0.1) is 0 Å². The Hall–Kier alpha value is -3.50. The Labute approximate surface area is 212 Å². The molecule has 0 spiro atoms. The van der Waals surface area contributed by atoms with Gasteiger partial charge < -0.3 is 25.4 Å². The lowest BCUT2D eigenvalue weighted by Crippen LogP contribution is -2.40. The molecule has 1 aliphatic rings. The number of hydrogen-bond acceptors (Lipinski definition) is 4. The van der Waals surface area contributed by atoms with E-state index in [-0.39, 0.29) is 17.5 Å². The first kappa shape index (κ1) is 28.1. The SMILES string of the molecule is CC(C)CN(c1ccc(OCC(=O)O)cc1NC(=O)Nc1ccc(C(F)(F)F)c(F)c1)C1CCCCC1. The molecule has 202 valence electrons. The number of ether oxygens (including phenoxy) is 1. The number of rotatable bonds is 9. The summed E-state index contributed by atoms with van der Waals surface area (Å²) in [5.74, 6) is -2.14.